The van der Waals surface area contributed by atoms with Crippen LogP contribution in [0.2, 0.25) is 0 Å². The Labute approximate surface area is 161 Å². The molecule has 1 aliphatic rings. The number of carbonyl (C=O) groups excluding carboxylic acids is 2. The van der Waals surface area contributed by atoms with E-state index in [1.807, 2.05) is 6.07 Å². The Morgan fingerprint density at radius 3 is 2.50 bits per heavy atom. The molecule has 28 heavy (non-hydrogen) atoms. The molecule has 6 nitrogen and oxygen atoms in total. The number of hydrogen-bond donors (Lipinski definition) is 3. The van der Waals surface area contributed by atoms with Gasteiger partial charge in [-0.25, -0.2) is 4.39 Å². The second-order valence-corrected chi connectivity index (χ2v) is 6.93. The average Bonchev–Trinajstić information content (AvgIpc) is 3.17. The van der Waals surface area contributed by atoms with Gasteiger partial charge in [-0.05, 0) is 55.2 Å². The summed E-state index contributed by atoms with van der Waals surface area (Å²) in [4.78, 5) is 35.5. The van der Waals surface area contributed by atoms with E-state index in [4.69, 9.17) is 5.11 Å². The van der Waals surface area contributed by atoms with Gasteiger partial charge >= 0.3 is 5.97 Å². The molecule has 0 aromatic heterocycles. The van der Waals surface area contributed by atoms with Crippen LogP contribution < -0.4 is 10.6 Å². The molecule has 2 atom stereocenters. The number of benzene rings is 2. The van der Waals surface area contributed by atoms with E-state index in [-0.39, 0.29) is 23.9 Å². The van der Waals surface area contributed by atoms with Gasteiger partial charge in [0, 0.05) is 23.7 Å². The van der Waals surface area contributed by atoms with Crippen LogP contribution in [0.4, 0.5) is 10.1 Å². The lowest BCUT2D eigenvalue weighted by molar-refractivity contribution is -0.141. The third-order valence-corrected chi connectivity index (χ3v) is 4.89. The highest BCUT2D eigenvalue weighted by Gasteiger charge is 2.33. The van der Waals surface area contributed by atoms with E-state index in [9.17, 15) is 18.8 Å². The molecule has 146 valence electrons. The fraction of sp³-hybridized carbons (Fsp3) is 0.286. The second-order valence-electron chi connectivity index (χ2n) is 6.93. The van der Waals surface area contributed by atoms with Crippen molar-refractivity contribution in [2.45, 2.75) is 25.8 Å². The van der Waals surface area contributed by atoms with Crippen molar-refractivity contribution in [2.24, 2.45) is 11.8 Å². The zero-order valence-electron chi connectivity index (χ0n) is 15.2. The molecule has 7 heteroatoms. The van der Waals surface area contributed by atoms with Crippen LogP contribution in [-0.2, 0) is 16.1 Å². The molecule has 0 spiro atoms. The van der Waals surface area contributed by atoms with Gasteiger partial charge in [-0.2, -0.15) is 0 Å². The molecule has 1 fully saturated rings. The van der Waals surface area contributed by atoms with Gasteiger partial charge in [0.15, 0.2) is 0 Å². The highest BCUT2D eigenvalue weighted by Crippen LogP contribution is 2.31. The van der Waals surface area contributed by atoms with Crippen molar-refractivity contribution in [1.82, 2.24) is 5.32 Å². The zero-order chi connectivity index (χ0) is 20.1. The topological polar surface area (TPSA) is 95.5 Å². The minimum atomic E-state index is -0.850. The van der Waals surface area contributed by atoms with E-state index < -0.39 is 23.6 Å². The summed E-state index contributed by atoms with van der Waals surface area (Å²) in [5, 5.41) is 14.6. The first-order valence-electron chi connectivity index (χ1n) is 9.09. The lowest BCUT2D eigenvalue weighted by Gasteiger charge is -2.12. The summed E-state index contributed by atoms with van der Waals surface area (Å²) in [6.45, 7) is 0.275. The van der Waals surface area contributed by atoms with Gasteiger partial charge in [0.2, 0.25) is 5.91 Å². The molecule has 1 aliphatic carbocycles. The van der Waals surface area contributed by atoms with Gasteiger partial charge in [-0.15, -0.1) is 0 Å². The first-order valence-corrected chi connectivity index (χ1v) is 9.09. The third-order valence-electron chi connectivity index (χ3n) is 4.89. The number of carbonyl (C=O) groups is 3. The fourth-order valence-electron chi connectivity index (χ4n) is 3.37. The van der Waals surface area contributed by atoms with Crippen LogP contribution in [0.5, 0.6) is 0 Å². The Kier molecular flexibility index (Phi) is 6.03. The van der Waals surface area contributed by atoms with Crippen LogP contribution in [-0.4, -0.2) is 22.9 Å². The van der Waals surface area contributed by atoms with Crippen LogP contribution in [0.3, 0.4) is 0 Å². The summed E-state index contributed by atoms with van der Waals surface area (Å²) < 4.78 is 13.3. The summed E-state index contributed by atoms with van der Waals surface area (Å²) in [6.07, 6.45) is 1.46. The monoisotopic (exact) mass is 384 g/mol. The quantitative estimate of drug-likeness (QED) is 0.713. The van der Waals surface area contributed by atoms with E-state index in [0.29, 0.717) is 24.9 Å². The molecule has 3 rings (SSSR count). The number of amides is 2. The molecular weight excluding hydrogens is 363 g/mol. The van der Waals surface area contributed by atoms with Crippen LogP contribution in [0.15, 0.2) is 48.5 Å². The fourth-order valence-corrected chi connectivity index (χ4v) is 3.37. The van der Waals surface area contributed by atoms with Gasteiger partial charge in [-0.3, -0.25) is 14.4 Å². The Morgan fingerprint density at radius 1 is 1.04 bits per heavy atom. The van der Waals surface area contributed by atoms with Crippen LogP contribution in [0.1, 0.15) is 35.2 Å². The molecule has 0 radical (unpaired) electrons. The third kappa shape index (κ3) is 4.94. The standard InChI is InChI=1S/C21H21FN2O4/c22-17-5-2-4-14(11-17)20(26)24-18-6-1-3-13(9-18)12-23-19(25)15-7-8-16(10-15)21(27)28/h1-6,9,11,15-16H,7-8,10,12H2,(H,23,25)(H,24,26)(H,27,28)/t15-,16+/m0/s1. The molecule has 0 heterocycles. The predicted octanol–water partition coefficient (Wildman–Crippen LogP) is 3.20. The number of halogens is 1. The normalized spacial score (nSPS) is 18.5. The van der Waals surface area contributed by atoms with Crippen molar-refractivity contribution in [3.63, 3.8) is 0 Å². The zero-order valence-corrected chi connectivity index (χ0v) is 15.2. The summed E-state index contributed by atoms with van der Waals surface area (Å²) in [5.41, 5.74) is 1.54. The Hall–Kier alpha value is -3.22. The van der Waals surface area contributed by atoms with E-state index in [2.05, 4.69) is 10.6 Å². The summed E-state index contributed by atoms with van der Waals surface area (Å²) in [6, 6.07) is 12.4. The van der Waals surface area contributed by atoms with Crippen molar-refractivity contribution in [2.75, 3.05) is 5.32 Å². The van der Waals surface area contributed by atoms with E-state index in [0.717, 1.165) is 11.6 Å². The number of carboxylic acids is 1. The Morgan fingerprint density at radius 2 is 1.79 bits per heavy atom. The van der Waals surface area contributed by atoms with Gasteiger partial charge in [0.25, 0.3) is 5.91 Å². The maximum absolute atomic E-state index is 13.3. The lowest BCUT2D eigenvalue weighted by atomic mass is 10.0. The van der Waals surface area contributed by atoms with E-state index >= 15 is 0 Å². The molecule has 0 unspecified atom stereocenters. The first kappa shape index (κ1) is 19.5. The molecule has 2 aromatic rings. The predicted molar refractivity (Wildman–Crippen MR) is 101 cm³/mol. The molecule has 0 bridgehead atoms. The first-order chi connectivity index (χ1) is 13.4. The number of aliphatic carboxylic acids is 1. The molecule has 2 amide bonds. The van der Waals surface area contributed by atoms with Crippen molar-refractivity contribution in [1.29, 1.82) is 0 Å². The number of nitrogens with one attached hydrogen (secondary N) is 2. The molecule has 1 saturated carbocycles. The highest BCUT2D eigenvalue weighted by molar-refractivity contribution is 6.04. The van der Waals surface area contributed by atoms with Crippen molar-refractivity contribution in [3.8, 4) is 0 Å². The minimum absolute atomic E-state index is 0.155. The summed E-state index contributed by atoms with van der Waals surface area (Å²) >= 11 is 0. The number of carboxylic acid groups (broad SMARTS) is 1. The number of hydrogen-bond acceptors (Lipinski definition) is 3. The number of rotatable bonds is 6. The van der Waals surface area contributed by atoms with Gasteiger partial charge in [0.05, 0.1) is 5.92 Å². The molecule has 0 saturated heterocycles. The highest BCUT2D eigenvalue weighted by atomic mass is 19.1. The van der Waals surface area contributed by atoms with Crippen molar-refractivity contribution in [3.05, 3.63) is 65.5 Å². The molecule has 2 aromatic carbocycles. The summed E-state index contributed by atoms with van der Waals surface area (Å²) in [7, 11) is 0. The Bertz CT molecular complexity index is 899. The summed E-state index contributed by atoms with van der Waals surface area (Å²) in [5.74, 6) is -2.64. The van der Waals surface area contributed by atoms with Crippen LogP contribution in [0, 0.1) is 17.7 Å². The minimum Gasteiger partial charge on any atom is -0.481 e. The van der Waals surface area contributed by atoms with E-state index in [1.54, 1.807) is 18.2 Å². The maximum atomic E-state index is 13.3. The maximum Gasteiger partial charge on any atom is 0.306 e. The van der Waals surface area contributed by atoms with Crippen LogP contribution >= 0.6 is 0 Å². The van der Waals surface area contributed by atoms with Gasteiger partial charge in [-0.1, -0.05) is 18.2 Å². The van der Waals surface area contributed by atoms with Crippen LogP contribution in [0.25, 0.3) is 0 Å². The van der Waals surface area contributed by atoms with E-state index in [1.165, 1.54) is 18.2 Å². The molecule has 0 aliphatic heterocycles. The second kappa shape index (κ2) is 8.65. The van der Waals surface area contributed by atoms with Crippen molar-refractivity contribution < 1.29 is 23.9 Å². The van der Waals surface area contributed by atoms with Gasteiger partial charge < -0.3 is 15.7 Å². The number of anilines is 1. The van der Waals surface area contributed by atoms with Gasteiger partial charge in [0.1, 0.15) is 5.82 Å². The average molecular weight is 384 g/mol. The molecule has 3 N–H and O–H groups in total. The Balaban J connectivity index is 1.55. The smallest absolute Gasteiger partial charge is 0.306 e. The molecular formula is C21H21FN2O4. The van der Waals surface area contributed by atoms with Crippen molar-refractivity contribution >= 4 is 23.5 Å². The lowest BCUT2D eigenvalue weighted by Crippen LogP contribution is -2.29. The largest absolute Gasteiger partial charge is 0.481 e. The SMILES string of the molecule is O=C(Nc1cccc(CNC(=O)[C@H]2CC[C@@H](C(=O)O)C2)c1)c1cccc(F)c1.